The average molecular weight is 375 g/mol. The summed E-state index contributed by atoms with van der Waals surface area (Å²) in [5.74, 6) is 0.247. The van der Waals surface area contributed by atoms with Crippen LogP contribution in [0.3, 0.4) is 0 Å². The number of likely N-dealkylation sites (N-methyl/N-ethyl adjacent to an activating group) is 1. The van der Waals surface area contributed by atoms with E-state index in [1.807, 2.05) is 36.1 Å². The Hall–Kier alpha value is -0.920. The summed E-state index contributed by atoms with van der Waals surface area (Å²) in [6.07, 6.45) is 0.610. The quantitative estimate of drug-likeness (QED) is 0.854. The lowest BCUT2D eigenvalue weighted by Crippen LogP contribution is -2.41. The van der Waals surface area contributed by atoms with Crippen LogP contribution in [0.4, 0.5) is 5.69 Å². The number of nitrogens with zero attached hydrogens (tertiary/aromatic N) is 1. The van der Waals surface area contributed by atoms with Crippen LogP contribution in [0.2, 0.25) is 0 Å². The Morgan fingerprint density at radius 3 is 2.71 bits per heavy atom. The van der Waals surface area contributed by atoms with Gasteiger partial charge in [0.15, 0.2) is 9.84 Å². The van der Waals surface area contributed by atoms with E-state index in [0.717, 1.165) is 10.2 Å². The van der Waals surface area contributed by atoms with Crippen LogP contribution in [-0.2, 0) is 14.6 Å². The van der Waals surface area contributed by atoms with Gasteiger partial charge in [0.2, 0.25) is 5.91 Å². The van der Waals surface area contributed by atoms with Crippen molar-refractivity contribution in [3.63, 3.8) is 0 Å². The molecule has 1 amide bonds. The second kappa shape index (κ2) is 6.89. The molecule has 1 unspecified atom stereocenters. The maximum atomic E-state index is 12.1. The Bertz CT molecular complexity index is 618. The first-order chi connectivity index (χ1) is 9.91. The molecule has 0 bridgehead atoms. The summed E-state index contributed by atoms with van der Waals surface area (Å²) in [7, 11) is -2.93. The third kappa shape index (κ3) is 4.52. The number of amides is 1. The number of anilines is 1. The SMILES string of the molecule is CCN(CC(=O)Nc1ccccc1Br)C1CCS(=O)(=O)C1. The first kappa shape index (κ1) is 16.5. The van der Waals surface area contributed by atoms with Gasteiger partial charge in [0, 0.05) is 10.5 Å². The van der Waals surface area contributed by atoms with E-state index in [0.29, 0.717) is 13.0 Å². The highest BCUT2D eigenvalue weighted by atomic mass is 79.9. The van der Waals surface area contributed by atoms with E-state index >= 15 is 0 Å². The van der Waals surface area contributed by atoms with Crippen LogP contribution in [0, 0.1) is 0 Å². The number of rotatable bonds is 5. The number of hydrogen-bond donors (Lipinski definition) is 1. The van der Waals surface area contributed by atoms with Gasteiger partial charge in [0.25, 0.3) is 0 Å². The summed E-state index contributed by atoms with van der Waals surface area (Å²) >= 11 is 3.38. The normalized spacial score (nSPS) is 20.6. The highest BCUT2D eigenvalue weighted by Crippen LogP contribution is 2.22. The minimum atomic E-state index is -2.93. The highest BCUT2D eigenvalue weighted by Gasteiger charge is 2.32. The van der Waals surface area contributed by atoms with E-state index in [2.05, 4.69) is 21.2 Å². The maximum Gasteiger partial charge on any atom is 0.238 e. The molecule has 2 rings (SSSR count). The lowest BCUT2D eigenvalue weighted by atomic mass is 10.2. The molecule has 116 valence electrons. The summed E-state index contributed by atoms with van der Waals surface area (Å²) in [6, 6.07) is 7.35. The van der Waals surface area contributed by atoms with Gasteiger partial charge in [-0.25, -0.2) is 8.42 Å². The molecule has 1 saturated heterocycles. The van der Waals surface area contributed by atoms with Crippen LogP contribution in [-0.4, -0.2) is 49.9 Å². The van der Waals surface area contributed by atoms with Crippen molar-refractivity contribution >= 4 is 37.4 Å². The topological polar surface area (TPSA) is 66.5 Å². The van der Waals surface area contributed by atoms with Gasteiger partial charge in [-0.2, -0.15) is 0 Å². The van der Waals surface area contributed by atoms with E-state index in [1.165, 1.54) is 0 Å². The van der Waals surface area contributed by atoms with E-state index in [9.17, 15) is 13.2 Å². The third-order valence-electron chi connectivity index (χ3n) is 3.63. The summed E-state index contributed by atoms with van der Waals surface area (Å²) < 4.78 is 23.9. The zero-order chi connectivity index (χ0) is 15.5. The second-order valence-electron chi connectivity index (χ2n) is 5.15. The fraction of sp³-hybridized carbons (Fsp3) is 0.500. The first-order valence-corrected chi connectivity index (χ1v) is 9.51. The molecule has 1 atom stereocenters. The Morgan fingerprint density at radius 1 is 1.43 bits per heavy atom. The molecule has 1 aromatic carbocycles. The van der Waals surface area contributed by atoms with Crippen LogP contribution in [0.1, 0.15) is 13.3 Å². The van der Waals surface area contributed by atoms with Crippen molar-refractivity contribution in [1.29, 1.82) is 0 Å². The van der Waals surface area contributed by atoms with Crippen LogP contribution < -0.4 is 5.32 Å². The number of benzene rings is 1. The Labute approximate surface area is 133 Å². The summed E-state index contributed by atoms with van der Waals surface area (Å²) in [5, 5.41) is 2.84. The fourth-order valence-electron chi connectivity index (χ4n) is 2.50. The molecule has 1 aliphatic heterocycles. The molecule has 1 aliphatic rings. The number of carbonyl (C=O) groups is 1. The third-order valence-corrected chi connectivity index (χ3v) is 6.07. The van der Waals surface area contributed by atoms with Gasteiger partial charge in [-0.05, 0) is 41.0 Å². The van der Waals surface area contributed by atoms with Gasteiger partial charge in [-0.1, -0.05) is 19.1 Å². The zero-order valence-corrected chi connectivity index (χ0v) is 14.3. The summed E-state index contributed by atoms with van der Waals surface area (Å²) in [5.41, 5.74) is 0.720. The Balaban J connectivity index is 1.96. The van der Waals surface area contributed by atoms with Gasteiger partial charge in [-0.3, -0.25) is 9.69 Å². The molecule has 1 fully saturated rings. The van der Waals surface area contributed by atoms with E-state index < -0.39 is 9.84 Å². The largest absolute Gasteiger partial charge is 0.324 e. The Morgan fingerprint density at radius 2 is 2.14 bits per heavy atom. The van der Waals surface area contributed by atoms with Crippen LogP contribution >= 0.6 is 15.9 Å². The van der Waals surface area contributed by atoms with Gasteiger partial charge < -0.3 is 5.32 Å². The van der Waals surface area contributed by atoms with Crippen LogP contribution in [0.15, 0.2) is 28.7 Å². The summed E-state index contributed by atoms with van der Waals surface area (Å²) in [4.78, 5) is 14.1. The molecular formula is C14H19BrN2O3S. The number of nitrogens with one attached hydrogen (secondary N) is 1. The Kier molecular flexibility index (Phi) is 5.40. The van der Waals surface area contributed by atoms with E-state index in [-0.39, 0.29) is 30.0 Å². The predicted molar refractivity (Wildman–Crippen MR) is 87.1 cm³/mol. The molecule has 21 heavy (non-hydrogen) atoms. The summed E-state index contributed by atoms with van der Waals surface area (Å²) in [6.45, 7) is 2.80. The van der Waals surface area contributed by atoms with Crippen LogP contribution in [0.5, 0.6) is 0 Å². The molecule has 1 aromatic rings. The second-order valence-corrected chi connectivity index (χ2v) is 8.23. The maximum absolute atomic E-state index is 12.1. The number of carbonyl (C=O) groups excluding carboxylic acids is 1. The number of sulfone groups is 1. The molecular weight excluding hydrogens is 356 g/mol. The molecule has 0 radical (unpaired) electrons. The van der Waals surface area contributed by atoms with Crippen molar-refractivity contribution in [3.8, 4) is 0 Å². The lowest BCUT2D eigenvalue weighted by Gasteiger charge is -2.25. The average Bonchev–Trinajstić information content (AvgIpc) is 2.79. The molecule has 1 N–H and O–H groups in total. The molecule has 0 aliphatic carbocycles. The van der Waals surface area contributed by atoms with Crippen LogP contribution in [0.25, 0.3) is 0 Å². The monoisotopic (exact) mass is 374 g/mol. The van der Waals surface area contributed by atoms with Crippen molar-refractivity contribution in [1.82, 2.24) is 4.90 Å². The van der Waals surface area contributed by atoms with Gasteiger partial charge >= 0.3 is 0 Å². The van der Waals surface area contributed by atoms with Gasteiger partial charge in [-0.15, -0.1) is 0 Å². The fourth-order valence-corrected chi connectivity index (χ4v) is 4.64. The molecule has 0 spiro atoms. The number of halogens is 1. The molecule has 5 nitrogen and oxygen atoms in total. The van der Waals surface area contributed by atoms with Crippen molar-refractivity contribution in [2.75, 3.05) is 29.9 Å². The molecule has 0 saturated carbocycles. The zero-order valence-electron chi connectivity index (χ0n) is 11.9. The van der Waals surface area contributed by atoms with E-state index in [4.69, 9.17) is 0 Å². The van der Waals surface area contributed by atoms with Crippen molar-refractivity contribution < 1.29 is 13.2 Å². The highest BCUT2D eigenvalue weighted by molar-refractivity contribution is 9.10. The van der Waals surface area contributed by atoms with Gasteiger partial charge in [0.1, 0.15) is 0 Å². The first-order valence-electron chi connectivity index (χ1n) is 6.90. The molecule has 0 aromatic heterocycles. The minimum Gasteiger partial charge on any atom is -0.324 e. The smallest absolute Gasteiger partial charge is 0.238 e. The molecule has 7 heteroatoms. The molecule has 1 heterocycles. The van der Waals surface area contributed by atoms with Crippen molar-refractivity contribution in [2.24, 2.45) is 0 Å². The van der Waals surface area contributed by atoms with Gasteiger partial charge in [0.05, 0.1) is 23.7 Å². The standard InChI is InChI=1S/C14H19BrN2O3S/c1-2-17(11-7-8-21(19,20)10-11)9-14(18)16-13-6-4-3-5-12(13)15/h3-6,11H,2,7-10H2,1H3,(H,16,18). The lowest BCUT2D eigenvalue weighted by molar-refractivity contribution is -0.117. The van der Waals surface area contributed by atoms with Crippen molar-refractivity contribution in [2.45, 2.75) is 19.4 Å². The van der Waals surface area contributed by atoms with E-state index in [1.54, 1.807) is 0 Å². The van der Waals surface area contributed by atoms with Crippen molar-refractivity contribution in [3.05, 3.63) is 28.7 Å². The number of para-hydroxylation sites is 1. The number of hydrogen-bond acceptors (Lipinski definition) is 4. The predicted octanol–water partition coefficient (Wildman–Crippen LogP) is 1.90. The minimum absolute atomic E-state index is 0.0510.